The van der Waals surface area contributed by atoms with Gasteiger partial charge in [0.1, 0.15) is 4.21 Å². The average molecular weight is 350 g/mol. The molecule has 1 N–H and O–H groups in total. The SMILES string of the molecule is CCC(NS(=O)(=O)c1ccc(Cl)s1)c1ccc(Cl)cc1. The lowest BCUT2D eigenvalue weighted by Gasteiger charge is -2.17. The van der Waals surface area contributed by atoms with Gasteiger partial charge in [0.25, 0.3) is 10.0 Å². The molecule has 0 aliphatic carbocycles. The van der Waals surface area contributed by atoms with E-state index in [1.807, 2.05) is 19.1 Å². The number of halogens is 2. The molecule has 1 atom stereocenters. The summed E-state index contributed by atoms with van der Waals surface area (Å²) in [4.78, 5) is 0. The molecule has 0 bridgehead atoms. The van der Waals surface area contributed by atoms with Gasteiger partial charge in [0.05, 0.1) is 4.34 Å². The lowest BCUT2D eigenvalue weighted by Crippen LogP contribution is -2.27. The molecule has 108 valence electrons. The first-order valence-electron chi connectivity index (χ1n) is 5.95. The summed E-state index contributed by atoms with van der Waals surface area (Å²) in [5.74, 6) is 0. The maximum atomic E-state index is 12.3. The van der Waals surface area contributed by atoms with Crippen molar-refractivity contribution >= 4 is 44.6 Å². The number of benzene rings is 1. The molecule has 0 amide bonds. The van der Waals surface area contributed by atoms with Crippen molar-refractivity contribution in [1.29, 1.82) is 0 Å². The van der Waals surface area contributed by atoms with E-state index < -0.39 is 10.0 Å². The fourth-order valence-corrected chi connectivity index (χ4v) is 4.70. The van der Waals surface area contributed by atoms with Gasteiger partial charge in [-0.3, -0.25) is 0 Å². The molecule has 20 heavy (non-hydrogen) atoms. The molecule has 0 saturated heterocycles. The summed E-state index contributed by atoms with van der Waals surface area (Å²) in [6.07, 6.45) is 0.639. The average Bonchev–Trinajstić information content (AvgIpc) is 2.85. The number of thiophene rings is 1. The predicted octanol–water partition coefficient (Wildman–Crippen LogP) is 4.48. The number of hydrogen-bond donors (Lipinski definition) is 1. The van der Waals surface area contributed by atoms with Gasteiger partial charge in [0.2, 0.25) is 0 Å². The lowest BCUT2D eigenvalue weighted by molar-refractivity contribution is 0.552. The van der Waals surface area contributed by atoms with Gasteiger partial charge in [-0.2, -0.15) is 0 Å². The molecule has 2 rings (SSSR count). The van der Waals surface area contributed by atoms with Crippen molar-refractivity contribution in [2.75, 3.05) is 0 Å². The molecule has 1 heterocycles. The minimum absolute atomic E-state index is 0.218. The van der Waals surface area contributed by atoms with Gasteiger partial charge in [-0.15, -0.1) is 11.3 Å². The van der Waals surface area contributed by atoms with Crippen LogP contribution < -0.4 is 4.72 Å². The summed E-state index contributed by atoms with van der Waals surface area (Å²) in [6, 6.07) is 9.92. The number of sulfonamides is 1. The van der Waals surface area contributed by atoms with Crippen LogP contribution in [0.2, 0.25) is 9.36 Å². The lowest BCUT2D eigenvalue weighted by atomic mass is 10.1. The summed E-state index contributed by atoms with van der Waals surface area (Å²) >= 11 is 12.7. The quantitative estimate of drug-likeness (QED) is 0.864. The van der Waals surface area contributed by atoms with E-state index in [1.165, 1.54) is 6.07 Å². The van der Waals surface area contributed by atoms with E-state index in [-0.39, 0.29) is 10.3 Å². The highest BCUT2D eigenvalue weighted by atomic mass is 35.5. The van der Waals surface area contributed by atoms with Crippen LogP contribution in [0.3, 0.4) is 0 Å². The highest BCUT2D eigenvalue weighted by molar-refractivity contribution is 7.91. The summed E-state index contributed by atoms with van der Waals surface area (Å²) in [5.41, 5.74) is 0.878. The molecule has 3 nitrogen and oxygen atoms in total. The molecule has 0 radical (unpaired) electrons. The van der Waals surface area contributed by atoms with Crippen molar-refractivity contribution in [3.63, 3.8) is 0 Å². The van der Waals surface area contributed by atoms with Crippen molar-refractivity contribution in [3.05, 3.63) is 51.3 Å². The van der Waals surface area contributed by atoms with Crippen LogP contribution in [0.25, 0.3) is 0 Å². The Kier molecular flexibility index (Phi) is 5.09. The molecule has 0 saturated carbocycles. The van der Waals surface area contributed by atoms with E-state index in [0.29, 0.717) is 15.8 Å². The Morgan fingerprint density at radius 2 is 1.80 bits per heavy atom. The number of hydrogen-bond acceptors (Lipinski definition) is 3. The van der Waals surface area contributed by atoms with E-state index in [2.05, 4.69) is 4.72 Å². The minimum atomic E-state index is -3.56. The second kappa shape index (κ2) is 6.45. The first-order valence-corrected chi connectivity index (χ1v) is 9.01. The Bertz CT molecular complexity index is 681. The maximum Gasteiger partial charge on any atom is 0.250 e. The van der Waals surface area contributed by atoms with Crippen molar-refractivity contribution < 1.29 is 8.42 Å². The van der Waals surface area contributed by atoms with Crippen LogP contribution in [0.15, 0.2) is 40.6 Å². The maximum absolute atomic E-state index is 12.3. The number of rotatable bonds is 5. The van der Waals surface area contributed by atoms with E-state index in [4.69, 9.17) is 23.2 Å². The number of nitrogens with one attached hydrogen (secondary N) is 1. The van der Waals surface area contributed by atoms with Crippen LogP contribution >= 0.6 is 34.5 Å². The van der Waals surface area contributed by atoms with Gasteiger partial charge < -0.3 is 0 Å². The topological polar surface area (TPSA) is 46.2 Å². The summed E-state index contributed by atoms with van der Waals surface area (Å²) in [5, 5.41) is 0.622. The van der Waals surface area contributed by atoms with Crippen LogP contribution in [0.4, 0.5) is 0 Å². The molecule has 1 aromatic heterocycles. The van der Waals surface area contributed by atoms with E-state index in [0.717, 1.165) is 16.9 Å². The van der Waals surface area contributed by atoms with Crippen molar-refractivity contribution in [1.82, 2.24) is 4.72 Å². The fraction of sp³-hybridized carbons (Fsp3) is 0.231. The normalized spacial score (nSPS) is 13.3. The van der Waals surface area contributed by atoms with E-state index in [1.54, 1.807) is 18.2 Å². The molecule has 0 fully saturated rings. The Morgan fingerprint density at radius 1 is 1.15 bits per heavy atom. The van der Waals surface area contributed by atoms with Gasteiger partial charge >= 0.3 is 0 Å². The first-order chi connectivity index (χ1) is 9.42. The van der Waals surface area contributed by atoms with Crippen LogP contribution in [0.1, 0.15) is 24.9 Å². The minimum Gasteiger partial charge on any atom is -0.206 e. The van der Waals surface area contributed by atoms with Crippen LogP contribution in [0.5, 0.6) is 0 Å². The molecule has 0 spiro atoms. The second-order valence-corrected chi connectivity index (χ2v) is 8.28. The third kappa shape index (κ3) is 3.74. The van der Waals surface area contributed by atoms with Crippen LogP contribution in [0, 0.1) is 0 Å². The standard InChI is InChI=1S/C13H13Cl2NO2S2/c1-2-11(9-3-5-10(14)6-4-9)16-20(17,18)13-8-7-12(15)19-13/h3-8,11,16H,2H2,1H3. The van der Waals surface area contributed by atoms with E-state index in [9.17, 15) is 8.42 Å². The molecule has 7 heteroatoms. The van der Waals surface area contributed by atoms with Gasteiger partial charge in [-0.1, -0.05) is 42.3 Å². The zero-order chi connectivity index (χ0) is 14.8. The zero-order valence-corrected chi connectivity index (χ0v) is 13.8. The molecule has 1 aromatic carbocycles. The highest BCUT2D eigenvalue weighted by Gasteiger charge is 2.21. The predicted molar refractivity (Wildman–Crippen MR) is 84.1 cm³/mol. The van der Waals surface area contributed by atoms with Gasteiger partial charge in [-0.05, 0) is 36.2 Å². The molecular weight excluding hydrogens is 337 g/mol. The Morgan fingerprint density at radius 3 is 2.30 bits per heavy atom. The summed E-state index contributed by atoms with van der Waals surface area (Å²) < 4.78 is 27.9. The second-order valence-electron chi connectivity index (χ2n) is 4.19. The van der Waals surface area contributed by atoms with Crippen LogP contribution in [-0.2, 0) is 10.0 Å². The molecule has 1 unspecified atom stereocenters. The van der Waals surface area contributed by atoms with Gasteiger partial charge in [-0.25, -0.2) is 13.1 Å². The van der Waals surface area contributed by atoms with E-state index >= 15 is 0 Å². The smallest absolute Gasteiger partial charge is 0.206 e. The summed E-state index contributed by atoms with van der Waals surface area (Å²) in [6.45, 7) is 1.92. The van der Waals surface area contributed by atoms with Crippen LogP contribution in [-0.4, -0.2) is 8.42 Å². The third-order valence-electron chi connectivity index (χ3n) is 2.79. The van der Waals surface area contributed by atoms with Crippen molar-refractivity contribution in [2.24, 2.45) is 0 Å². The molecule has 2 aromatic rings. The third-order valence-corrected chi connectivity index (χ3v) is 6.24. The zero-order valence-electron chi connectivity index (χ0n) is 10.6. The molecule has 0 aliphatic heterocycles. The Hall–Kier alpha value is -0.590. The van der Waals surface area contributed by atoms with Crippen molar-refractivity contribution in [3.8, 4) is 0 Å². The first kappa shape index (κ1) is 15.8. The van der Waals surface area contributed by atoms with Gasteiger partial charge in [0, 0.05) is 11.1 Å². The molecule has 0 aliphatic rings. The summed E-state index contributed by atoms with van der Waals surface area (Å²) in [7, 11) is -3.56. The van der Waals surface area contributed by atoms with Crippen molar-refractivity contribution in [2.45, 2.75) is 23.6 Å². The monoisotopic (exact) mass is 349 g/mol. The fourth-order valence-electron chi connectivity index (χ4n) is 1.77. The largest absolute Gasteiger partial charge is 0.250 e. The molecular formula is C13H13Cl2NO2S2. The highest BCUT2D eigenvalue weighted by Crippen LogP contribution is 2.28. The van der Waals surface area contributed by atoms with Gasteiger partial charge in [0.15, 0.2) is 0 Å². The Labute approximate surface area is 132 Å². The Balaban J connectivity index is 2.24.